The lowest BCUT2D eigenvalue weighted by molar-refractivity contribution is 0.0689. The molecule has 6 nitrogen and oxygen atoms in total. The van der Waals surface area contributed by atoms with Crippen molar-refractivity contribution in [2.24, 2.45) is 0 Å². The summed E-state index contributed by atoms with van der Waals surface area (Å²) in [4.78, 5) is 13.0. The number of benzene rings is 1. The van der Waals surface area contributed by atoms with E-state index in [2.05, 4.69) is 10.3 Å². The summed E-state index contributed by atoms with van der Waals surface area (Å²) in [6.45, 7) is 1.88. The number of aromatic nitrogens is 3. The molecule has 1 N–H and O–H groups in total. The van der Waals surface area contributed by atoms with Gasteiger partial charge in [-0.15, -0.1) is 5.10 Å². The average molecular weight is 260 g/mol. The third-order valence-electron chi connectivity index (χ3n) is 2.91. The van der Waals surface area contributed by atoms with Gasteiger partial charge in [-0.25, -0.2) is 9.48 Å². The Labute approximate surface area is 111 Å². The van der Waals surface area contributed by atoms with Gasteiger partial charge in [0.25, 0.3) is 0 Å². The molecule has 0 fully saturated rings. The molecule has 0 amide bonds. The molecule has 1 heterocycles. The van der Waals surface area contributed by atoms with Gasteiger partial charge in [0.05, 0.1) is 11.4 Å². The van der Waals surface area contributed by atoms with Gasteiger partial charge in [0.1, 0.15) is 0 Å². The Balaban J connectivity index is 2.44. The van der Waals surface area contributed by atoms with Gasteiger partial charge < -0.3 is 10.0 Å². The summed E-state index contributed by atoms with van der Waals surface area (Å²) in [5.74, 6) is -1.05. The lowest BCUT2D eigenvalue weighted by Crippen LogP contribution is -2.09. The first-order valence-corrected chi connectivity index (χ1v) is 6.00. The molecule has 0 bridgehead atoms. The molecule has 6 heteroatoms. The van der Waals surface area contributed by atoms with E-state index in [4.69, 9.17) is 5.11 Å². The first kappa shape index (κ1) is 13.1. The van der Waals surface area contributed by atoms with E-state index in [9.17, 15) is 4.79 Å². The maximum atomic E-state index is 11.0. The zero-order chi connectivity index (χ0) is 14.0. The van der Waals surface area contributed by atoms with Crippen LogP contribution < -0.4 is 4.90 Å². The van der Waals surface area contributed by atoms with Crippen LogP contribution in [0.2, 0.25) is 0 Å². The molecule has 0 unspecified atom stereocenters. The molecule has 0 aliphatic heterocycles. The Morgan fingerprint density at radius 3 is 2.42 bits per heavy atom. The molecule has 19 heavy (non-hydrogen) atoms. The minimum atomic E-state index is -1.05. The van der Waals surface area contributed by atoms with Crippen molar-refractivity contribution >= 4 is 11.7 Å². The summed E-state index contributed by atoms with van der Waals surface area (Å²) in [5.41, 5.74) is 2.49. The smallest absolute Gasteiger partial charge is 0.358 e. The van der Waals surface area contributed by atoms with E-state index in [1.54, 1.807) is 4.68 Å². The number of nitrogens with zero attached hydrogens (tertiary/aromatic N) is 4. The van der Waals surface area contributed by atoms with Crippen molar-refractivity contribution in [2.75, 3.05) is 19.0 Å². The molecule has 1 aromatic heterocycles. The molecule has 0 radical (unpaired) electrons. The van der Waals surface area contributed by atoms with Gasteiger partial charge in [0.15, 0.2) is 5.69 Å². The highest BCUT2D eigenvalue weighted by Gasteiger charge is 2.18. The van der Waals surface area contributed by atoms with E-state index in [0.29, 0.717) is 12.1 Å². The Morgan fingerprint density at radius 1 is 1.32 bits per heavy atom. The zero-order valence-corrected chi connectivity index (χ0v) is 11.2. The fourth-order valence-corrected chi connectivity index (χ4v) is 1.88. The maximum Gasteiger partial charge on any atom is 0.358 e. The lowest BCUT2D eigenvalue weighted by Gasteiger charge is -2.13. The zero-order valence-electron chi connectivity index (χ0n) is 11.2. The highest BCUT2D eigenvalue weighted by molar-refractivity contribution is 5.86. The first-order chi connectivity index (χ1) is 9.04. The molecule has 0 atom stereocenters. The summed E-state index contributed by atoms with van der Waals surface area (Å²) >= 11 is 0. The molecule has 0 aliphatic rings. The lowest BCUT2D eigenvalue weighted by atomic mass is 10.2. The van der Waals surface area contributed by atoms with Crippen LogP contribution in [0.1, 0.15) is 23.1 Å². The van der Waals surface area contributed by atoms with Crippen molar-refractivity contribution in [1.29, 1.82) is 0 Å². The SMILES string of the molecule is CCc1c(C(=O)O)nnn1-c1ccc(N(C)C)cc1. The second-order valence-corrected chi connectivity index (χ2v) is 4.37. The number of carboxylic acids is 1. The second kappa shape index (κ2) is 5.09. The second-order valence-electron chi connectivity index (χ2n) is 4.37. The predicted molar refractivity (Wildman–Crippen MR) is 72.0 cm³/mol. The molecule has 2 aromatic rings. The van der Waals surface area contributed by atoms with Crippen molar-refractivity contribution in [2.45, 2.75) is 13.3 Å². The van der Waals surface area contributed by atoms with Crippen LogP contribution in [-0.2, 0) is 6.42 Å². The van der Waals surface area contributed by atoms with Crippen molar-refractivity contribution in [3.63, 3.8) is 0 Å². The number of rotatable bonds is 4. The number of hydrogen-bond acceptors (Lipinski definition) is 4. The third kappa shape index (κ3) is 2.42. The van der Waals surface area contributed by atoms with E-state index in [0.717, 1.165) is 11.4 Å². The number of anilines is 1. The topological polar surface area (TPSA) is 71.2 Å². The van der Waals surface area contributed by atoms with Crippen LogP contribution in [0.15, 0.2) is 24.3 Å². The van der Waals surface area contributed by atoms with Gasteiger partial charge in [-0.3, -0.25) is 0 Å². The minimum Gasteiger partial charge on any atom is -0.476 e. The Bertz CT molecular complexity index is 587. The van der Waals surface area contributed by atoms with Crippen molar-refractivity contribution in [1.82, 2.24) is 15.0 Å². The maximum absolute atomic E-state index is 11.0. The molecule has 0 saturated carbocycles. The van der Waals surface area contributed by atoms with E-state index in [-0.39, 0.29) is 5.69 Å². The summed E-state index contributed by atoms with van der Waals surface area (Å²) < 4.78 is 1.57. The highest BCUT2D eigenvalue weighted by Crippen LogP contribution is 2.17. The molecule has 0 aliphatic carbocycles. The monoisotopic (exact) mass is 260 g/mol. The van der Waals surface area contributed by atoms with E-state index in [1.807, 2.05) is 50.2 Å². The first-order valence-electron chi connectivity index (χ1n) is 6.00. The quantitative estimate of drug-likeness (QED) is 0.904. The Morgan fingerprint density at radius 2 is 1.95 bits per heavy atom. The summed E-state index contributed by atoms with van der Waals surface area (Å²) in [5, 5.41) is 16.7. The Kier molecular flexibility index (Phi) is 3.50. The summed E-state index contributed by atoms with van der Waals surface area (Å²) in [6.07, 6.45) is 0.560. The van der Waals surface area contributed by atoms with Crippen LogP contribution in [0, 0.1) is 0 Å². The Hall–Kier alpha value is -2.37. The third-order valence-corrected chi connectivity index (χ3v) is 2.91. The van der Waals surface area contributed by atoms with Gasteiger partial charge in [0.2, 0.25) is 0 Å². The van der Waals surface area contributed by atoms with Crippen LogP contribution in [0.25, 0.3) is 5.69 Å². The van der Waals surface area contributed by atoms with Gasteiger partial charge in [-0.1, -0.05) is 12.1 Å². The highest BCUT2D eigenvalue weighted by atomic mass is 16.4. The van der Waals surface area contributed by atoms with Gasteiger partial charge >= 0.3 is 5.97 Å². The average Bonchev–Trinajstić information content (AvgIpc) is 2.82. The standard InChI is InChI=1S/C13H16N4O2/c1-4-11-12(13(18)19)14-15-17(11)10-7-5-9(6-8-10)16(2)3/h5-8H,4H2,1-3H3,(H,18,19). The van der Waals surface area contributed by atoms with Crippen molar-refractivity contribution < 1.29 is 9.90 Å². The predicted octanol–water partition coefficient (Wildman–Crippen LogP) is 1.59. The number of aromatic carboxylic acids is 1. The summed E-state index contributed by atoms with van der Waals surface area (Å²) in [7, 11) is 3.93. The van der Waals surface area contributed by atoms with Crippen molar-refractivity contribution in [3.05, 3.63) is 35.7 Å². The van der Waals surface area contributed by atoms with Crippen LogP contribution in [0.4, 0.5) is 5.69 Å². The molecular formula is C13H16N4O2. The van der Waals surface area contributed by atoms with Crippen LogP contribution in [0.3, 0.4) is 0 Å². The van der Waals surface area contributed by atoms with Crippen LogP contribution >= 0.6 is 0 Å². The number of carboxylic acid groups (broad SMARTS) is 1. The minimum absolute atomic E-state index is 0.0131. The molecule has 0 spiro atoms. The summed E-state index contributed by atoms with van der Waals surface area (Å²) in [6, 6.07) is 7.71. The molecule has 100 valence electrons. The van der Waals surface area contributed by atoms with Crippen molar-refractivity contribution in [3.8, 4) is 5.69 Å². The number of carbonyl (C=O) groups is 1. The van der Waals surface area contributed by atoms with Gasteiger partial charge in [-0.05, 0) is 30.7 Å². The van der Waals surface area contributed by atoms with Gasteiger partial charge in [-0.2, -0.15) is 0 Å². The van der Waals surface area contributed by atoms with E-state index < -0.39 is 5.97 Å². The molecule has 2 rings (SSSR count). The van der Waals surface area contributed by atoms with Crippen LogP contribution in [-0.4, -0.2) is 40.2 Å². The van der Waals surface area contributed by atoms with Gasteiger partial charge in [0, 0.05) is 19.8 Å². The van der Waals surface area contributed by atoms with E-state index in [1.165, 1.54) is 0 Å². The van der Waals surface area contributed by atoms with E-state index >= 15 is 0 Å². The largest absolute Gasteiger partial charge is 0.476 e. The normalized spacial score (nSPS) is 10.5. The fraction of sp³-hybridized carbons (Fsp3) is 0.308. The molecule has 1 aromatic carbocycles. The number of hydrogen-bond donors (Lipinski definition) is 1. The molecule has 0 saturated heterocycles. The molecular weight excluding hydrogens is 244 g/mol. The van der Waals surface area contributed by atoms with Crippen LogP contribution in [0.5, 0.6) is 0 Å². The fourth-order valence-electron chi connectivity index (χ4n) is 1.88.